The third kappa shape index (κ3) is 4.24. The number of rotatable bonds is 6. The normalized spacial score (nSPS) is 21.9. The monoisotopic (exact) mass is 355 g/mol. The molecule has 0 radical (unpaired) electrons. The molecule has 24 heavy (non-hydrogen) atoms. The summed E-state index contributed by atoms with van der Waals surface area (Å²) < 4.78 is 44.6. The minimum absolute atomic E-state index is 0.0403. The van der Waals surface area contributed by atoms with Gasteiger partial charge >= 0.3 is 0 Å². The molecule has 3 rings (SSSR count). The number of benzene rings is 1. The molecular weight excluding hydrogens is 333 g/mol. The number of oxazole rings is 1. The molecule has 2 N–H and O–H groups in total. The molecule has 8 heteroatoms. The highest BCUT2D eigenvalue weighted by atomic mass is 32.2. The Morgan fingerprint density at radius 3 is 2.75 bits per heavy atom. The lowest BCUT2D eigenvalue weighted by atomic mass is 9.86. The molecule has 1 fully saturated rings. The first-order valence-corrected chi connectivity index (χ1v) is 9.90. The van der Waals surface area contributed by atoms with Crippen molar-refractivity contribution in [3.63, 3.8) is 0 Å². The minimum atomic E-state index is -3.13. The van der Waals surface area contributed by atoms with Crippen LogP contribution in [0, 0.1) is 11.7 Å². The average Bonchev–Trinajstić information content (AvgIpc) is 2.96. The number of nitrogens with one attached hydrogen (secondary N) is 2. The summed E-state index contributed by atoms with van der Waals surface area (Å²) in [6, 6.07) is 4.68. The second-order valence-corrected chi connectivity index (χ2v) is 8.29. The van der Waals surface area contributed by atoms with E-state index in [0.717, 1.165) is 25.7 Å². The van der Waals surface area contributed by atoms with E-state index in [9.17, 15) is 12.8 Å². The van der Waals surface area contributed by atoms with E-state index < -0.39 is 10.0 Å². The number of fused-ring (bicyclic) bond motifs is 1. The van der Waals surface area contributed by atoms with Crippen molar-refractivity contribution in [2.24, 2.45) is 5.92 Å². The van der Waals surface area contributed by atoms with Gasteiger partial charge in [-0.2, -0.15) is 4.98 Å². The maximum Gasteiger partial charge on any atom is 0.295 e. The summed E-state index contributed by atoms with van der Waals surface area (Å²) in [6.07, 6.45) is 3.56. The molecule has 1 aliphatic carbocycles. The van der Waals surface area contributed by atoms with Crippen LogP contribution in [0.25, 0.3) is 11.1 Å². The maximum atomic E-state index is 13.2. The molecule has 0 atom stereocenters. The summed E-state index contributed by atoms with van der Waals surface area (Å²) in [4.78, 5) is 4.22. The Morgan fingerprint density at radius 2 is 2.04 bits per heavy atom. The fourth-order valence-corrected chi connectivity index (χ4v) is 3.94. The van der Waals surface area contributed by atoms with Crippen LogP contribution in [0.2, 0.25) is 0 Å². The number of nitrogens with zero attached hydrogens (tertiary/aromatic N) is 1. The van der Waals surface area contributed by atoms with E-state index in [0.29, 0.717) is 29.6 Å². The van der Waals surface area contributed by atoms with Gasteiger partial charge in [0.05, 0.1) is 5.75 Å². The summed E-state index contributed by atoms with van der Waals surface area (Å²) >= 11 is 0. The highest BCUT2D eigenvalue weighted by molar-refractivity contribution is 7.89. The molecule has 0 bridgehead atoms. The van der Waals surface area contributed by atoms with Gasteiger partial charge in [-0.3, -0.25) is 0 Å². The van der Waals surface area contributed by atoms with Crippen LogP contribution in [0.5, 0.6) is 0 Å². The molecule has 132 valence electrons. The highest BCUT2D eigenvalue weighted by Gasteiger charge is 2.24. The van der Waals surface area contributed by atoms with Crippen molar-refractivity contribution in [3.05, 3.63) is 24.0 Å². The predicted molar refractivity (Wildman–Crippen MR) is 90.8 cm³/mol. The van der Waals surface area contributed by atoms with E-state index in [1.165, 1.54) is 12.1 Å². The fourth-order valence-electron chi connectivity index (χ4n) is 3.03. The summed E-state index contributed by atoms with van der Waals surface area (Å²) in [6.45, 7) is 2.35. The Balaban J connectivity index is 1.49. The Labute approximate surface area is 140 Å². The molecule has 0 spiro atoms. The number of hydrogen-bond donors (Lipinski definition) is 2. The molecule has 1 aromatic heterocycles. The SMILES string of the molecule is CCS(=O)(=O)NC1CCC(CNc2nc3cc(F)ccc3o2)CC1. The van der Waals surface area contributed by atoms with Crippen molar-refractivity contribution in [3.8, 4) is 0 Å². The van der Waals surface area contributed by atoms with Crippen LogP contribution in [-0.2, 0) is 10.0 Å². The molecule has 2 aromatic rings. The quantitative estimate of drug-likeness (QED) is 0.832. The standard InChI is InChI=1S/C16H22FN3O3S/c1-2-24(21,22)20-13-6-3-11(4-7-13)10-18-16-19-14-9-12(17)5-8-15(14)23-16/h5,8-9,11,13,20H,2-4,6-7,10H2,1H3,(H,18,19). The van der Waals surface area contributed by atoms with Gasteiger partial charge in [0.2, 0.25) is 10.0 Å². The molecule has 1 heterocycles. The van der Waals surface area contributed by atoms with E-state index in [4.69, 9.17) is 4.42 Å². The number of hydrogen-bond acceptors (Lipinski definition) is 5. The largest absolute Gasteiger partial charge is 0.424 e. The zero-order valence-electron chi connectivity index (χ0n) is 13.6. The van der Waals surface area contributed by atoms with Gasteiger partial charge in [0.15, 0.2) is 5.58 Å². The summed E-state index contributed by atoms with van der Waals surface area (Å²) in [5.74, 6) is 0.224. The summed E-state index contributed by atoms with van der Waals surface area (Å²) in [5.41, 5.74) is 1.05. The zero-order chi connectivity index (χ0) is 17.2. The van der Waals surface area contributed by atoms with Gasteiger partial charge < -0.3 is 9.73 Å². The second kappa shape index (κ2) is 7.06. The maximum absolute atomic E-state index is 13.2. The number of sulfonamides is 1. The predicted octanol–water partition coefficient (Wildman–Crippen LogP) is 2.88. The lowest BCUT2D eigenvalue weighted by Gasteiger charge is -2.28. The van der Waals surface area contributed by atoms with Crippen molar-refractivity contribution < 1.29 is 17.2 Å². The average molecular weight is 355 g/mol. The third-order valence-corrected chi connectivity index (χ3v) is 5.92. The van der Waals surface area contributed by atoms with Crippen LogP contribution in [0.4, 0.5) is 10.4 Å². The van der Waals surface area contributed by atoms with Crippen LogP contribution in [0.15, 0.2) is 22.6 Å². The summed E-state index contributed by atoms with van der Waals surface area (Å²) in [7, 11) is -3.13. The van der Waals surface area contributed by atoms with Crippen LogP contribution in [-0.4, -0.2) is 31.7 Å². The van der Waals surface area contributed by atoms with E-state index in [-0.39, 0.29) is 17.6 Å². The van der Waals surface area contributed by atoms with Crippen LogP contribution in [0.1, 0.15) is 32.6 Å². The van der Waals surface area contributed by atoms with E-state index in [2.05, 4.69) is 15.0 Å². The number of halogens is 1. The van der Waals surface area contributed by atoms with Gasteiger partial charge in [-0.05, 0) is 50.7 Å². The van der Waals surface area contributed by atoms with Crippen molar-refractivity contribution in [1.29, 1.82) is 0 Å². The lowest BCUT2D eigenvalue weighted by Crippen LogP contribution is -2.39. The topological polar surface area (TPSA) is 84.2 Å². The molecule has 1 aromatic carbocycles. The second-order valence-electron chi connectivity index (χ2n) is 6.25. The van der Waals surface area contributed by atoms with Crippen molar-refractivity contribution >= 4 is 27.1 Å². The lowest BCUT2D eigenvalue weighted by molar-refractivity contribution is 0.323. The summed E-state index contributed by atoms with van der Waals surface area (Å²) in [5, 5.41) is 3.16. The van der Waals surface area contributed by atoms with Crippen molar-refractivity contribution in [2.45, 2.75) is 38.6 Å². The molecule has 0 saturated heterocycles. The number of aromatic nitrogens is 1. The van der Waals surface area contributed by atoms with Crippen LogP contribution >= 0.6 is 0 Å². The van der Waals surface area contributed by atoms with E-state index >= 15 is 0 Å². The Hall–Kier alpha value is -1.67. The van der Waals surface area contributed by atoms with Gasteiger partial charge in [0.1, 0.15) is 11.3 Å². The van der Waals surface area contributed by atoms with Crippen LogP contribution in [0.3, 0.4) is 0 Å². The molecule has 6 nitrogen and oxygen atoms in total. The smallest absolute Gasteiger partial charge is 0.295 e. The molecule has 0 unspecified atom stereocenters. The van der Waals surface area contributed by atoms with Gasteiger partial charge in [-0.1, -0.05) is 0 Å². The van der Waals surface area contributed by atoms with Gasteiger partial charge in [0.25, 0.3) is 6.01 Å². The first-order chi connectivity index (χ1) is 11.4. The van der Waals surface area contributed by atoms with Gasteiger partial charge in [-0.25, -0.2) is 17.5 Å². The van der Waals surface area contributed by atoms with Crippen molar-refractivity contribution in [1.82, 2.24) is 9.71 Å². The van der Waals surface area contributed by atoms with Crippen LogP contribution < -0.4 is 10.0 Å². The molecule has 0 aliphatic heterocycles. The number of anilines is 1. The van der Waals surface area contributed by atoms with E-state index in [1.807, 2.05) is 0 Å². The third-order valence-electron chi connectivity index (χ3n) is 4.46. The highest BCUT2D eigenvalue weighted by Crippen LogP contribution is 2.26. The fraction of sp³-hybridized carbons (Fsp3) is 0.562. The molecule has 0 amide bonds. The molecule has 1 saturated carbocycles. The van der Waals surface area contributed by atoms with Crippen molar-refractivity contribution in [2.75, 3.05) is 17.6 Å². The molecule has 1 aliphatic rings. The molecular formula is C16H22FN3O3S. The zero-order valence-corrected chi connectivity index (χ0v) is 14.4. The first-order valence-electron chi connectivity index (χ1n) is 8.25. The Morgan fingerprint density at radius 1 is 1.29 bits per heavy atom. The minimum Gasteiger partial charge on any atom is -0.424 e. The Bertz CT molecular complexity index is 798. The van der Waals surface area contributed by atoms with Gasteiger partial charge in [-0.15, -0.1) is 0 Å². The van der Waals surface area contributed by atoms with Gasteiger partial charge in [0, 0.05) is 18.7 Å². The van der Waals surface area contributed by atoms with E-state index in [1.54, 1.807) is 13.0 Å². The first kappa shape index (κ1) is 17.2. The Kier molecular flexibility index (Phi) is 5.05.